The molecule has 3 nitrogen and oxygen atoms in total. The number of carbonyl (C=O) groups is 1. The van der Waals surface area contributed by atoms with E-state index in [4.69, 9.17) is 5.11 Å². The van der Waals surface area contributed by atoms with Gasteiger partial charge in [-0.1, -0.05) is 12.1 Å². The fourth-order valence-electron chi connectivity index (χ4n) is 1.78. The lowest BCUT2D eigenvalue weighted by Crippen LogP contribution is -1.94. The Labute approximate surface area is 112 Å². The van der Waals surface area contributed by atoms with E-state index in [2.05, 4.69) is 4.98 Å². The van der Waals surface area contributed by atoms with Crippen LogP contribution in [0.15, 0.2) is 42.5 Å². The van der Waals surface area contributed by atoms with Crippen LogP contribution in [0.4, 0.5) is 4.39 Å². The number of nitrogens with zero attached hydrogens (tertiary/aromatic N) is 1. The van der Waals surface area contributed by atoms with Crippen LogP contribution < -0.4 is 0 Å². The first-order valence-electron chi connectivity index (χ1n) is 5.53. The first kappa shape index (κ1) is 11.8. The number of hydrogen-bond acceptors (Lipinski definition) is 3. The van der Waals surface area contributed by atoms with Gasteiger partial charge >= 0.3 is 5.97 Å². The Balaban J connectivity index is 2.06. The largest absolute Gasteiger partial charge is 0.478 e. The van der Waals surface area contributed by atoms with Crippen LogP contribution in [-0.2, 0) is 0 Å². The van der Waals surface area contributed by atoms with Crippen molar-refractivity contribution in [3.8, 4) is 10.6 Å². The van der Waals surface area contributed by atoms with Crippen molar-refractivity contribution in [1.82, 2.24) is 4.98 Å². The number of aromatic carboxylic acids is 1. The SMILES string of the molecule is O=C(O)c1ccc(-c2nc3ccc(F)cc3s2)cc1. The molecule has 3 rings (SSSR count). The monoisotopic (exact) mass is 273 g/mol. The van der Waals surface area contributed by atoms with E-state index in [0.717, 1.165) is 20.8 Å². The molecule has 1 heterocycles. The van der Waals surface area contributed by atoms with Crippen molar-refractivity contribution < 1.29 is 14.3 Å². The second-order valence-corrected chi connectivity index (χ2v) is 5.04. The molecular formula is C14H8FNO2S. The normalized spacial score (nSPS) is 10.8. The number of rotatable bonds is 2. The number of fused-ring (bicyclic) bond motifs is 1. The van der Waals surface area contributed by atoms with Gasteiger partial charge in [-0.2, -0.15) is 0 Å². The number of carboxylic acids is 1. The number of hydrogen-bond donors (Lipinski definition) is 1. The second kappa shape index (κ2) is 4.44. The van der Waals surface area contributed by atoms with Gasteiger partial charge in [-0.05, 0) is 30.3 Å². The summed E-state index contributed by atoms with van der Waals surface area (Å²) in [7, 11) is 0. The highest BCUT2D eigenvalue weighted by molar-refractivity contribution is 7.21. The van der Waals surface area contributed by atoms with E-state index in [0.29, 0.717) is 0 Å². The molecule has 94 valence electrons. The lowest BCUT2D eigenvalue weighted by atomic mass is 10.1. The van der Waals surface area contributed by atoms with E-state index in [9.17, 15) is 9.18 Å². The summed E-state index contributed by atoms with van der Waals surface area (Å²) >= 11 is 1.38. The fourth-order valence-corrected chi connectivity index (χ4v) is 2.77. The number of carboxylic acid groups (broad SMARTS) is 1. The molecule has 19 heavy (non-hydrogen) atoms. The van der Waals surface area contributed by atoms with Gasteiger partial charge in [-0.3, -0.25) is 0 Å². The molecule has 5 heteroatoms. The fraction of sp³-hybridized carbons (Fsp3) is 0. The van der Waals surface area contributed by atoms with Crippen LogP contribution in [0.2, 0.25) is 0 Å². The minimum absolute atomic E-state index is 0.232. The molecule has 0 aliphatic rings. The minimum atomic E-state index is -0.960. The van der Waals surface area contributed by atoms with Crippen LogP contribution in [-0.4, -0.2) is 16.1 Å². The van der Waals surface area contributed by atoms with Crippen LogP contribution in [0, 0.1) is 5.82 Å². The van der Waals surface area contributed by atoms with Crippen molar-refractivity contribution in [3.63, 3.8) is 0 Å². The van der Waals surface area contributed by atoms with Crippen molar-refractivity contribution in [3.05, 3.63) is 53.8 Å². The van der Waals surface area contributed by atoms with E-state index >= 15 is 0 Å². The molecule has 0 aliphatic heterocycles. The van der Waals surface area contributed by atoms with Crippen molar-refractivity contribution in [2.75, 3.05) is 0 Å². The zero-order valence-corrected chi connectivity index (χ0v) is 10.4. The van der Waals surface area contributed by atoms with E-state index in [1.165, 1.54) is 35.6 Å². The minimum Gasteiger partial charge on any atom is -0.478 e. The Morgan fingerprint density at radius 2 is 1.89 bits per heavy atom. The number of aromatic nitrogens is 1. The zero-order chi connectivity index (χ0) is 13.4. The molecule has 2 aromatic carbocycles. The Kier molecular flexibility index (Phi) is 2.76. The lowest BCUT2D eigenvalue weighted by molar-refractivity contribution is 0.0697. The van der Waals surface area contributed by atoms with E-state index in [1.807, 2.05) is 0 Å². The highest BCUT2D eigenvalue weighted by atomic mass is 32.1. The summed E-state index contributed by atoms with van der Waals surface area (Å²) in [6.07, 6.45) is 0. The number of benzene rings is 2. The molecule has 3 aromatic rings. The molecule has 0 saturated carbocycles. The molecule has 0 bridgehead atoms. The molecule has 0 spiro atoms. The quantitative estimate of drug-likeness (QED) is 0.772. The van der Waals surface area contributed by atoms with Crippen LogP contribution >= 0.6 is 11.3 Å². The predicted octanol–water partition coefficient (Wildman–Crippen LogP) is 3.80. The van der Waals surface area contributed by atoms with E-state index in [-0.39, 0.29) is 11.4 Å². The molecular weight excluding hydrogens is 265 g/mol. The van der Waals surface area contributed by atoms with Gasteiger partial charge in [0.05, 0.1) is 15.8 Å². The summed E-state index contributed by atoms with van der Waals surface area (Å²) in [5.74, 6) is -1.25. The number of halogens is 1. The third kappa shape index (κ3) is 2.20. The first-order valence-corrected chi connectivity index (χ1v) is 6.35. The van der Waals surface area contributed by atoms with Gasteiger partial charge in [0.1, 0.15) is 10.8 Å². The summed E-state index contributed by atoms with van der Waals surface area (Å²) in [5, 5.41) is 9.58. The Hall–Kier alpha value is -2.27. The molecule has 0 aliphatic carbocycles. The van der Waals surface area contributed by atoms with Gasteiger partial charge in [0.2, 0.25) is 0 Å². The average molecular weight is 273 g/mol. The van der Waals surface area contributed by atoms with E-state index < -0.39 is 5.97 Å². The van der Waals surface area contributed by atoms with Crippen molar-refractivity contribution in [1.29, 1.82) is 0 Å². The maximum absolute atomic E-state index is 13.1. The van der Waals surface area contributed by atoms with Gasteiger partial charge in [0, 0.05) is 5.56 Å². The molecule has 0 fully saturated rings. The summed E-state index contributed by atoms with van der Waals surface area (Å²) in [5.41, 5.74) is 1.80. The van der Waals surface area contributed by atoms with Gasteiger partial charge in [0.25, 0.3) is 0 Å². The van der Waals surface area contributed by atoms with Crippen LogP contribution in [0.25, 0.3) is 20.8 Å². The van der Waals surface area contributed by atoms with Gasteiger partial charge in [-0.25, -0.2) is 14.2 Å². The Morgan fingerprint density at radius 1 is 1.16 bits per heavy atom. The highest BCUT2D eigenvalue weighted by Crippen LogP contribution is 2.30. The smallest absolute Gasteiger partial charge is 0.335 e. The second-order valence-electron chi connectivity index (χ2n) is 4.01. The van der Waals surface area contributed by atoms with Gasteiger partial charge in [0.15, 0.2) is 0 Å². The van der Waals surface area contributed by atoms with Crippen LogP contribution in [0.1, 0.15) is 10.4 Å². The third-order valence-electron chi connectivity index (χ3n) is 2.73. The average Bonchev–Trinajstić information content (AvgIpc) is 2.81. The van der Waals surface area contributed by atoms with Crippen molar-refractivity contribution in [2.45, 2.75) is 0 Å². The highest BCUT2D eigenvalue weighted by Gasteiger charge is 2.08. The molecule has 0 saturated heterocycles. The molecule has 1 N–H and O–H groups in total. The zero-order valence-electron chi connectivity index (χ0n) is 9.63. The van der Waals surface area contributed by atoms with Crippen LogP contribution in [0.3, 0.4) is 0 Å². The molecule has 0 amide bonds. The van der Waals surface area contributed by atoms with E-state index in [1.54, 1.807) is 18.2 Å². The Bertz CT molecular complexity index is 765. The Morgan fingerprint density at radius 3 is 2.58 bits per heavy atom. The van der Waals surface area contributed by atoms with Crippen LogP contribution in [0.5, 0.6) is 0 Å². The molecule has 0 radical (unpaired) electrons. The summed E-state index contributed by atoms with van der Waals surface area (Å²) in [6, 6.07) is 10.9. The van der Waals surface area contributed by atoms with Crippen molar-refractivity contribution in [2.24, 2.45) is 0 Å². The summed E-state index contributed by atoms with van der Waals surface area (Å²) < 4.78 is 13.9. The summed E-state index contributed by atoms with van der Waals surface area (Å²) in [6.45, 7) is 0. The third-order valence-corrected chi connectivity index (χ3v) is 3.80. The maximum Gasteiger partial charge on any atom is 0.335 e. The molecule has 0 atom stereocenters. The standard InChI is InChI=1S/C14H8FNO2S/c15-10-5-6-11-12(7-10)19-13(16-11)8-1-3-9(4-2-8)14(17)18/h1-7H,(H,17,18). The predicted molar refractivity (Wildman–Crippen MR) is 72.0 cm³/mol. The first-order chi connectivity index (χ1) is 9.13. The van der Waals surface area contributed by atoms with Gasteiger partial charge in [-0.15, -0.1) is 11.3 Å². The lowest BCUT2D eigenvalue weighted by Gasteiger charge is -1.97. The topological polar surface area (TPSA) is 50.2 Å². The molecule has 0 unspecified atom stereocenters. The summed E-state index contributed by atoms with van der Waals surface area (Å²) in [4.78, 5) is 15.2. The van der Waals surface area contributed by atoms with Crippen molar-refractivity contribution >= 4 is 27.5 Å². The number of thiazole rings is 1. The van der Waals surface area contributed by atoms with Gasteiger partial charge < -0.3 is 5.11 Å². The maximum atomic E-state index is 13.1. The molecule has 1 aromatic heterocycles.